The second-order valence-electron chi connectivity index (χ2n) is 5.09. The molecule has 10 heteroatoms. The molecule has 2 amide bonds. The fourth-order valence-corrected chi connectivity index (χ4v) is 2.27. The Balaban J connectivity index is 2.13. The van der Waals surface area contributed by atoms with E-state index in [2.05, 4.69) is 10.9 Å². The van der Waals surface area contributed by atoms with E-state index in [1.165, 1.54) is 57.7 Å². The zero-order chi connectivity index (χ0) is 20.0. The average molecular weight is 375 g/mol. The smallest absolute Gasteiger partial charge is 0.273 e. The quantitative estimate of drug-likeness (QED) is 0.580. The van der Waals surface area contributed by atoms with Gasteiger partial charge in [-0.1, -0.05) is 0 Å². The lowest BCUT2D eigenvalue weighted by atomic mass is 10.1. The van der Waals surface area contributed by atoms with Crippen LogP contribution in [-0.2, 0) is 0 Å². The first-order chi connectivity index (χ1) is 12.9. The van der Waals surface area contributed by atoms with E-state index in [4.69, 9.17) is 14.2 Å². The molecule has 0 aliphatic rings. The van der Waals surface area contributed by atoms with E-state index in [1.54, 1.807) is 0 Å². The van der Waals surface area contributed by atoms with Gasteiger partial charge in [0.15, 0.2) is 11.5 Å². The Morgan fingerprint density at radius 2 is 1.44 bits per heavy atom. The monoisotopic (exact) mass is 375 g/mol. The normalized spacial score (nSPS) is 9.89. The van der Waals surface area contributed by atoms with Gasteiger partial charge in [0, 0.05) is 17.7 Å². The van der Waals surface area contributed by atoms with Crippen LogP contribution in [0.4, 0.5) is 5.69 Å². The lowest BCUT2D eigenvalue weighted by Gasteiger charge is -2.15. The maximum absolute atomic E-state index is 12.4. The fourth-order valence-electron chi connectivity index (χ4n) is 2.27. The van der Waals surface area contributed by atoms with Crippen molar-refractivity contribution in [2.45, 2.75) is 0 Å². The molecule has 0 aliphatic carbocycles. The number of hydrogen-bond donors (Lipinski definition) is 2. The first-order valence-electron chi connectivity index (χ1n) is 7.57. The summed E-state index contributed by atoms with van der Waals surface area (Å²) >= 11 is 0. The number of rotatable bonds is 6. The van der Waals surface area contributed by atoms with Crippen LogP contribution in [0.3, 0.4) is 0 Å². The molecule has 0 saturated carbocycles. The second-order valence-corrected chi connectivity index (χ2v) is 5.09. The molecule has 0 spiro atoms. The van der Waals surface area contributed by atoms with E-state index in [0.717, 1.165) is 0 Å². The Labute approximate surface area is 154 Å². The molecule has 2 rings (SSSR count). The fraction of sp³-hybridized carbons (Fsp3) is 0.176. The Morgan fingerprint density at radius 3 is 1.96 bits per heavy atom. The molecule has 0 radical (unpaired) electrons. The molecule has 0 heterocycles. The van der Waals surface area contributed by atoms with Crippen LogP contribution in [0.15, 0.2) is 36.4 Å². The number of non-ortho nitro benzene ring substituents is 1. The summed E-state index contributed by atoms with van der Waals surface area (Å²) in [7, 11) is 4.21. The summed E-state index contributed by atoms with van der Waals surface area (Å²) < 4.78 is 15.6. The highest BCUT2D eigenvalue weighted by atomic mass is 16.6. The SMILES string of the molecule is COc1ccc(C(=O)NNC(=O)c2ccc([N+](=O)[O-])cc2)c(OC)c1OC. The molecule has 142 valence electrons. The summed E-state index contributed by atoms with van der Waals surface area (Å²) in [5.74, 6) is -0.546. The number of methoxy groups -OCH3 is 3. The maximum Gasteiger partial charge on any atom is 0.273 e. The number of hydrogen-bond acceptors (Lipinski definition) is 7. The molecule has 0 aliphatic heterocycles. The number of nitrogens with zero attached hydrogens (tertiary/aromatic N) is 1. The van der Waals surface area contributed by atoms with Crippen molar-refractivity contribution >= 4 is 17.5 Å². The Bertz CT molecular complexity index is 866. The summed E-state index contributed by atoms with van der Waals surface area (Å²) in [6.45, 7) is 0. The van der Waals surface area contributed by atoms with E-state index in [1.807, 2.05) is 0 Å². The third kappa shape index (κ3) is 4.24. The van der Waals surface area contributed by atoms with Crippen LogP contribution in [0.25, 0.3) is 0 Å². The summed E-state index contributed by atoms with van der Waals surface area (Å²) in [5, 5.41) is 10.6. The molecule has 0 unspecified atom stereocenters. The van der Waals surface area contributed by atoms with Crippen molar-refractivity contribution in [3.05, 3.63) is 57.6 Å². The highest BCUT2D eigenvalue weighted by Gasteiger charge is 2.21. The minimum absolute atomic E-state index is 0.110. The van der Waals surface area contributed by atoms with Gasteiger partial charge in [-0.25, -0.2) is 0 Å². The van der Waals surface area contributed by atoms with E-state index in [9.17, 15) is 19.7 Å². The Morgan fingerprint density at radius 1 is 0.852 bits per heavy atom. The minimum atomic E-state index is -0.650. The molecule has 0 bridgehead atoms. The standard InChI is InChI=1S/C17H17N3O7/c1-25-13-9-8-12(14(26-2)15(13)27-3)17(22)19-18-16(21)10-4-6-11(7-5-10)20(23)24/h4-9H,1-3H3,(H,18,21)(H,19,22). The largest absolute Gasteiger partial charge is 0.493 e. The first-order valence-corrected chi connectivity index (χ1v) is 7.57. The zero-order valence-electron chi connectivity index (χ0n) is 14.8. The van der Waals surface area contributed by atoms with Gasteiger partial charge in [-0.15, -0.1) is 0 Å². The predicted molar refractivity (Wildman–Crippen MR) is 94.1 cm³/mol. The van der Waals surface area contributed by atoms with Gasteiger partial charge in [-0.05, 0) is 24.3 Å². The number of nitrogens with one attached hydrogen (secondary N) is 2. The minimum Gasteiger partial charge on any atom is -0.493 e. The third-order valence-electron chi connectivity index (χ3n) is 3.58. The number of carbonyl (C=O) groups is 2. The number of hydrazine groups is 1. The number of benzene rings is 2. The maximum atomic E-state index is 12.4. The molecular formula is C17H17N3O7. The number of carbonyl (C=O) groups excluding carboxylic acids is 2. The van der Waals surface area contributed by atoms with Crippen LogP contribution in [0.1, 0.15) is 20.7 Å². The van der Waals surface area contributed by atoms with Gasteiger partial charge in [-0.3, -0.25) is 30.6 Å². The van der Waals surface area contributed by atoms with Gasteiger partial charge in [0.05, 0.1) is 31.8 Å². The Hall–Kier alpha value is -3.82. The second kappa shape index (κ2) is 8.52. The average Bonchev–Trinajstić information content (AvgIpc) is 2.70. The topological polar surface area (TPSA) is 129 Å². The predicted octanol–water partition coefficient (Wildman–Crippen LogP) is 1.70. The van der Waals surface area contributed by atoms with Crippen LogP contribution in [0.5, 0.6) is 17.2 Å². The molecule has 0 aromatic heterocycles. The summed E-state index contributed by atoms with van der Waals surface area (Å²) in [4.78, 5) is 34.5. The van der Waals surface area contributed by atoms with Gasteiger partial charge in [0.1, 0.15) is 0 Å². The van der Waals surface area contributed by atoms with E-state index in [-0.39, 0.29) is 28.3 Å². The summed E-state index contributed by atoms with van der Waals surface area (Å²) in [6.07, 6.45) is 0. The molecule has 0 saturated heterocycles. The van der Waals surface area contributed by atoms with Gasteiger partial charge in [-0.2, -0.15) is 0 Å². The Kier molecular flexibility index (Phi) is 6.15. The van der Waals surface area contributed by atoms with Crippen LogP contribution in [0, 0.1) is 10.1 Å². The van der Waals surface area contributed by atoms with Crippen molar-refractivity contribution in [1.82, 2.24) is 10.9 Å². The molecular weight excluding hydrogens is 358 g/mol. The van der Waals surface area contributed by atoms with Crippen molar-refractivity contribution in [1.29, 1.82) is 0 Å². The number of ether oxygens (including phenoxy) is 3. The van der Waals surface area contributed by atoms with Crippen molar-refractivity contribution in [2.75, 3.05) is 21.3 Å². The van der Waals surface area contributed by atoms with Gasteiger partial charge in [0.25, 0.3) is 17.5 Å². The molecule has 2 aromatic rings. The summed E-state index contributed by atoms with van der Waals surface area (Å²) in [6, 6.07) is 7.90. The van der Waals surface area contributed by atoms with Gasteiger partial charge in [0.2, 0.25) is 5.75 Å². The van der Waals surface area contributed by atoms with E-state index in [0.29, 0.717) is 5.75 Å². The van der Waals surface area contributed by atoms with Crippen molar-refractivity contribution < 1.29 is 28.7 Å². The number of amides is 2. The molecule has 0 fully saturated rings. The van der Waals surface area contributed by atoms with Crippen molar-refractivity contribution in [3.63, 3.8) is 0 Å². The van der Waals surface area contributed by atoms with Crippen molar-refractivity contribution in [3.8, 4) is 17.2 Å². The van der Waals surface area contributed by atoms with E-state index < -0.39 is 16.7 Å². The molecule has 27 heavy (non-hydrogen) atoms. The summed E-state index contributed by atoms with van der Waals surface area (Å²) in [5.41, 5.74) is 4.58. The lowest BCUT2D eigenvalue weighted by Crippen LogP contribution is -2.41. The van der Waals surface area contributed by atoms with Crippen LogP contribution < -0.4 is 25.1 Å². The molecule has 10 nitrogen and oxygen atoms in total. The van der Waals surface area contributed by atoms with E-state index >= 15 is 0 Å². The highest BCUT2D eigenvalue weighted by Crippen LogP contribution is 2.39. The molecule has 0 atom stereocenters. The van der Waals surface area contributed by atoms with Gasteiger partial charge < -0.3 is 14.2 Å². The van der Waals surface area contributed by atoms with Crippen LogP contribution >= 0.6 is 0 Å². The highest BCUT2D eigenvalue weighted by molar-refractivity contribution is 6.01. The number of nitro benzene ring substituents is 1. The first kappa shape index (κ1) is 19.5. The number of nitro groups is 1. The molecule has 2 aromatic carbocycles. The van der Waals surface area contributed by atoms with Gasteiger partial charge >= 0.3 is 0 Å². The molecule has 2 N–H and O–H groups in total. The van der Waals surface area contributed by atoms with Crippen molar-refractivity contribution in [2.24, 2.45) is 0 Å². The lowest BCUT2D eigenvalue weighted by molar-refractivity contribution is -0.384. The van der Waals surface area contributed by atoms with Crippen LogP contribution in [0.2, 0.25) is 0 Å². The zero-order valence-corrected chi connectivity index (χ0v) is 14.8. The van der Waals surface area contributed by atoms with Crippen LogP contribution in [-0.4, -0.2) is 38.1 Å². The third-order valence-corrected chi connectivity index (χ3v) is 3.58.